The van der Waals surface area contributed by atoms with Crippen LogP contribution in [0.4, 0.5) is 15.8 Å². The Balaban J connectivity index is 1.65. The molecule has 0 fully saturated rings. The molecule has 0 unspecified atom stereocenters. The molecule has 0 spiro atoms. The third kappa shape index (κ3) is 6.19. The highest BCUT2D eigenvalue weighted by Gasteiger charge is 2.19. The second-order valence-electron chi connectivity index (χ2n) is 6.59. The molecule has 0 aliphatic heterocycles. The van der Waals surface area contributed by atoms with Gasteiger partial charge in [-0.15, -0.1) is 0 Å². The molecule has 0 aromatic heterocycles. The molecule has 2 N–H and O–H groups in total. The fourth-order valence-electron chi connectivity index (χ4n) is 2.67. The predicted octanol–water partition coefficient (Wildman–Crippen LogP) is 5.08. The number of hydrogen-bond donors (Lipinski definition) is 2. The summed E-state index contributed by atoms with van der Waals surface area (Å²) >= 11 is 5.85. The highest BCUT2D eigenvalue weighted by atomic mass is 35.5. The fraction of sp³-hybridized carbons (Fsp3) is 0.136. The van der Waals surface area contributed by atoms with E-state index >= 15 is 0 Å². The van der Waals surface area contributed by atoms with Crippen molar-refractivity contribution in [1.82, 2.24) is 0 Å². The van der Waals surface area contributed by atoms with Crippen LogP contribution in [0.5, 0.6) is 5.75 Å². The first kappa shape index (κ1) is 22.6. The van der Waals surface area contributed by atoms with Crippen LogP contribution in [0.25, 0.3) is 0 Å². The van der Waals surface area contributed by atoms with Crippen molar-refractivity contribution in [2.45, 2.75) is 24.3 Å². The number of anilines is 2. The van der Waals surface area contributed by atoms with Gasteiger partial charge < -0.3 is 10.1 Å². The first-order chi connectivity index (χ1) is 14.8. The first-order valence-electron chi connectivity index (χ1n) is 9.38. The minimum atomic E-state index is -3.86. The standard InChI is InChI=1S/C22H20ClFN2O4S/c1-2-21(30-19-11-3-15(23)4-12-19)22(27)25-17-9-13-20(14-10-17)31(28,29)26-18-7-5-16(24)6-8-18/h3-14,21,26H,2H2,1H3,(H,25,27)/t21-/m0/s1. The number of hydrogen-bond acceptors (Lipinski definition) is 4. The van der Waals surface area contributed by atoms with Crippen molar-refractivity contribution < 1.29 is 22.3 Å². The highest BCUT2D eigenvalue weighted by molar-refractivity contribution is 7.92. The number of nitrogens with one attached hydrogen (secondary N) is 2. The van der Waals surface area contributed by atoms with Crippen LogP contribution in [-0.4, -0.2) is 20.4 Å². The summed E-state index contributed by atoms with van der Waals surface area (Å²) in [6.45, 7) is 1.82. The lowest BCUT2D eigenvalue weighted by molar-refractivity contribution is -0.122. The smallest absolute Gasteiger partial charge is 0.265 e. The van der Waals surface area contributed by atoms with Crippen LogP contribution in [0.2, 0.25) is 5.02 Å². The van der Waals surface area contributed by atoms with Gasteiger partial charge in [0.05, 0.1) is 4.90 Å². The first-order valence-corrected chi connectivity index (χ1v) is 11.2. The molecule has 3 aromatic rings. The Labute approximate surface area is 185 Å². The van der Waals surface area contributed by atoms with Crippen LogP contribution in [0, 0.1) is 5.82 Å². The van der Waals surface area contributed by atoms with Crippen molar-refractivity contribution in [3.05, 3.63) is 83.6 Å². The van der Waals surface area contributed by atoms with Gasteiger partial charge in [-0.2, -0.15) is 0 Å². The average molecular weight is 463 g/mol. The molecule has 0 radical (unpaired) electrons. The average Bonchev–Trinajstić information content (AvgIpc) is 2.75. The number of carbonyl (C=O) groups is 1. The van der Waals surface area contributed by atoms with E-state index in [1.807, 2.05) is 6.92 Å². The monoisotopic (exact) mass is 462 g/mol. The Morgan fingerprint density at radius 1 is 0.968 bits per heavy atom. The van der Waals surface area contributed by atoms with Gasteiger partial charge >= 0.3 is 0 Å². The topological polar surface area (TPSA) is 84.5 Å². The Morgan fingerprint density at radius 2 is 1.55 bits per heavy atom. The summed E-state index contributed by atoms with van der Waals surface area (Å²) in [6, 6.07) is 17.3. The molecule has 0 saturated heterocycles. The quantitative estimate of drug-likeness (QED) is 0.489. The second kappa shape index (κ2) is 9.80. The zero-order valence-electron chi connectivity index (χ0n) is 16.5. The van der Waals surface area contributed by atoms with E-state index < -0.39 is 21.9 Å². The van der Waals surface area contributed by atoms with Gasteiger partial charge in [-0.1, -0.05) is 18.5 Å². The van der Waals surface area contributed by atoms with E-state index in [-0.39, 0.29) is 16.5 Å². The van der Waals surface area contributed by atoms with Crippen molar-refractivity contribution in [3.8, 4) is 5.75 Å². The van der Waals surface area contributed by atoms with Crippen LogP contribution >= 0.6 is 11.6 Å². The van der Waals surface area contributed by atoms with Gasteiger partial charge in [-0.3, -0.25) is 9.52 Å². The van der Waals surface area contributed by atoms with Crippen molar-refractivity contribution in [3.63, 3.8) is 0 Å². The maximum Gasteiger partial charge on any atom is 0.265 e. The summed E-state index contributed by atoms with van der Waals surface area (Å²) in [4.78, 5) is 12.5. The van der Waals surface area contributed by atoms with E-state index in [2.05, 4.69) is 10.0 Å². The lowest BCUT2D eigenvalue weighted by atomic mass is 10.2. The molecule has 1 amide bonds. The summed E-state index contributed by atoms with van der Waals surface area (Å²) in [7, 11) is -3.86. The molecule has 9 heteroatoms. The summed E-state index contributed by atoms with van der Waals surface area (Å²) in [5.74, 6) is -0.314. The van der Waals surface area contributed by atoms with Crippen LogP contribution < -0.4 is 14.8 Å². The molecule has 3 aromatic carbocycles. The Hall–Kier alpha value is -3.10. The molecule has 1 atom stereocenters. The molecule has 31 heavy (non-hydrogen) atoms. The van der Waals surface area contributed by atoms with E-state index in [4.69, 9.17) is 16.3 Å². The predicted molar refractivity (Wildman–Crippen MR) is 118 cm³/mol. The van der Waals surface area contributed by atoms with E-state index in [1.165, 1.54) is 36.4 Å². The Morgan fingerprint density at radius 3 is 2.13 bits per heavy atom. The van der Waals surface area contributed by atoms with Crippen LogP contribution in [-0.2, 0) is 14.8 Å². The molecular formula is C22H20ClFN2O4S. The van der Waals surface area contributed by atoms with Crippen molar-refractivity contribution in [2.24, 2.45) is 0 Å². The third-order valence-corrected chi connectivity index (χ3v) is 5.93. The van der Waals surface area contributed by atoms with Gasteiger partial charge in [-0.25, -0.2) is 12.8 Å². The summed E-state index contributed by atoms with van der Waals surface area (Å²) in [6.07, 6.45) is -0.299. The SMILES string of the molecule is CC[C@H](Oc1ccc(Cl)cc1)C(=O)Nc1ccc(S(=O)(=O)Nc2ccc(F)cc2)cc1. The fourth-order valence-corrected chi connectivity index (χ4v) is 3.86. The van der Waals surface area contributed by atoms with E-state index in [0.29, 0.717) is 22.9 Å². The Kier molecular flexibility index (Phi) is 7.14. The van der Waals surface area contributed by atoms with Crippen molar-refractivity contribution in [1.29, 1.82) is 0 Å². The maximum atomic E-state index is 13.0. The minimum Gasteiger partial charge on any atom is -0.481 e. The molecule has 0 saturated carbocycles. The number of rotatable bonds is 8. The molecular weight excluding hydrogens is 443 g/mol. The van der Waals surface area contributed by atoms with Gasteiger partial charge in [0.1, 0.15) is 11.6 Å². The zero-order valence-corrected chi connectivity index (χ0v) is 18.1. The molecule has 0 aliphatic rings. The minimum absolute atomic E-state index is 0.000667. The summed E-state index contributed by atoms with van der Waals surface area (Å²) < 4.78 is 46.0. The second-order valence-corrected chi connectivity index (χ2v) is 8.71. The Bertz CT molecular complexity index is 1140. The van der Waals surface area contributed by atoms with Crippen molar-refractivity contribution >= 4 is 38.9 Å². The largest absolute Gasteiger partial charge is 0.481 e. The van der Waals surface area contributed by atoms with E-state index in [0.717, 1.165) is 12.1 Å². The molecule has 3 rings (SSSR count). The third-order valence-electron chi connectivity index (χ3n) is 4.28. The lowest BCUT2D eigenvalue weighted by Gasteiger charge is -2.17. The number of sulfonamides is 1. The number of amides is 1. The molecule has 0 heterocycles. The molecule has 0 bridgehead atoms. The number of halogens is 2. The van der Waals surface area contributed by atoms with Gasteiger partial charge in [0.15, 0.2) is 6.10 Å². The van der Waals surface area contributed by atoms with Crippen LogP contribution in [0.15, 0.2) is 77.7 Å². The maximum absolute atomic E-state index is 13.0. The number of benzene rings is 3. The number of carbonyl (C=O) groups excluding carboxylic acids is 1. The lowest BCUT2D eigenvalue weighted by Crippen LogP contribution is -2.32. The summed E-state index contributed by atoms with van der Waals surface area (Å²) in [5, 5.41) is 3.28. The van der Waals surface area contributed by atoms with Gasteiger partial charge in [0.25, 0.3) is 15.9 Å². The zero-order chi connectivity index (χ0) is 22.4. The molecule has 6 nitrogen and oxygen atoms in total. The van der Waals surface area contributed by atoms with E-state index in [1.54, 1.807) is 24.3 Å². The van der Waals surface area contributed by atoms with Crippen LogP contribution in [0.3, 0.4) is 0 Å². The highest BCUT2D eigenvalue weighted by Crippen LogP contribution is 2.21. The molecule has 0 aliphatic carbocycles. The molecule has 162 valence electrons. The van der Waals surface area contributed by atoms with Crippen LogP contribution in [0.1, 0.15) is 13.3 Å². The van der Waals surface area contributed by atoms with Gasteiger partial charge in [0.2, 0.25) is 0 Å². The van der Waals surface area contributed by atoms with Crippen molar-refractivity contribution in [2.75, 3.05) is 10.0 Å². The van der Waals surface area contributed by atoms with Gasteiger partial charge in [0, 0.05) is 16.4 Å². The normalized spacial score (nSPS) is 12.1. The number of ether oxygens (including phenoxy) is 1. The summed E-state index contributed by atoms with van der Waals surface area (Å²) in [5.41, 5.74) is 0.660. The van der Waals surface area contributed by atoms with E-state index in [9.17, 15) is 17.6 Å². The van der Waals surface area contributed by atoms with Gasteiger partial charge in [-0.05, 0) is 79.2 Å².